The van der Waals surface area contributed by atoms with Crippen LogP contribution in [0.3, 0.4) is 0 Å². The fourth-order valence-electron chi connectivity index (χ4n) is 3.60. The summed E-state index contributed by atoms with van der Waals surface area (Å²) in [4.78, 5) is 4.99. The van der Waals surface area contributed by atoms with Gasteiger partial charge >= 0.3 is 0 Å². The van der Waals surface area contributed by atoms with Gasteiger partial charge in [0.2, 0.25) is 0 Å². The first-order valence-electron chi connectivity index (χ1n) is 7.25. The molecule has 2 aliphatic rings. The molecule has 20 heavy (non-hydrogen) atoms. The molecule has 4 heteroatoms. The van der Waals surface area contributed by atoms with Crippen LogP contribution in [0, 0.1) is 0 Å². The lowest BCUT2D eigenvalue weighted by Crippen LogP contribution is -2.27. The fraction of sp³-hybridized carbons (Fsp3) is 0.625. The van der Waals surface area contributed by atoms with Crippen LogP contribution in [0.25, 0.3) is 0 Å². The summed E-state index contributed by atoms with van der Waals surface area (Å²) in [5.41, 5.74) is 4.91. The van der Waals surface area contributed by atoms with Gasteiger partial charge in [-0.1, -0.05) is 18.2 Å². The monoisotopic (exact) mass is 298 g/mol. The molecule has 3 nitrogen and oxygen atoms in total. The van der Waals surface area contributed by atoms with Gasteiger partial charge in [-0.25, -0.2) is 0 Å². The van der Waals surface area contributed by atoms with Crippen LogP contribution in [0.4, 0.5) is 0 Å². The second kappa shape index (κ2) is 7.41. The zero-order chi connectivity index (χ0) is 12.5. The maximum atomic E-state index is 2.71. The molecule has 1 aliphatic heterocycles. The molecule has 0 spiro atoms. The Labute approximate surface area is 128 Å². The summed E-state index contributed by atoms with van der Waals surface area (Å²) in [5.74, 6) is 0. The summed E-state index contributed by atoms with van der Waals surface area (Å²) in [6.07, 6.45) is 5.31. The van der Waals surface area contributed by atoms with Gasteiger partial charge in [0.15, 0.2) is 0 Å². The molecule has 3 rings (SSSR count). The van der Waals surface area contributed by atoms with E-state index in [2.05, 4.69) is 42.1 Å². The summed E-state index contributed by atoms with van der Waals surface area (Å²) in [6.45, 7) is 3.63. The number of nitrogens with zero attached hydrogens (tertiary/aromatic N) is 2. The Morgan fingerprint density at radius 2 is 2.00 bits per heavy atom. The first-order valence-corrected chi connectivity index (χ1v) is 7.25. The highest BCUT2D eigenvalue weighted by atomic mass is 35.5. The Kier molecular flexibility index (Phi) is 6.46. The molecule has 0 fully saturated rings. The third kappa shape index (κ3) is 3.34. The third-order valence-corrected chi connectivity index (χ3v) is 4.41. The van der Waals surface area contributed by atoms with E-state index < -0.39 is 0 Å². The molecule has 0 amide bonds. The lowest BCUT2D eigenvalue weighted by atomic mass is 9.87. The van der Waals surface area contributed by atoms with Crippen molar-refractivity contribution in [3.63, 3.8) is 0 Å². The van der Waals surface area contributed by atoms with Gasteiger partial charge in [-0.3, -0.25) is 4.90 Å². The van der Waals surface area contributed by atoms with Crippen LogP contribution < -0.4 is 0 Å². The van der Waals surface area contributed by atoms with Crippen LogP contribution in [-0.2, 0) is 13.0 Å². The van der Waals surface area contributed by atoms with E-state index in [0.717, 1.165) is 6.04 Å². The first-order chi connectivity index (χ1) is 8.75. The van der Waals surface area contributed by atoms with Crippen molar-refractivity contribution in [2.75, 3.05) is 27.2 Å². The minimum atomic E-state index is 0. The van der Waals surface area contributed by atoms with E-state index in [0.29, 0.717) is 0 Å². The predicted molar refractivity (Wildman–Crippen MR) is 86.6 cm³/mol. The molecule has 1 heterocycles. The summed E-state index contributed by atoms with van der Waals surface area (Å²) in [5, 5.41) is 0. The fourth-order valence-corrected chi connectivity index (χ4v) is 3.60. The molecule has 1 unspecified atom stereocenters. The van der Waals surface area contributed by atoms with Gasteiger partial charge in [-0.05, 0) is 63.0 Å². The average Bonchev–Trinajstić information content (AvgIpc) is 2.70. The van der Waals surface area contributed by atoms with Crippen molar-refractivity contribution in [3.05, 3.63) is 34.9 Å². The topological polar surface area (TPSA) is 38.0 Å². The zero-order valence-electron chi connectivity index (χ0n) is 12.6. The molecule has 1 aromatic rings. The lowest BCUT2D eigenvalue weighted by Gasteiger charge is -2.29. The Hall–Kier alpha value is -0.610. The molecule has 1 aromatic carbocycles. The quantitative estimate of drug-likeness (QED) is 0.856. The van der Waals surface area contributed by atoms with E-state index in [-0.39, 0.29) is 17.9 Å². The predicted octanol–water partition coefficient (Wildman–Crippen LogP) is 2.43. The van der Waals surface area contributed by atoms with Gasteiger partial charge in [-0.15, -0.1) is 12.4 Å². The van der Waals surface area contributed by atoms with Crippen LogP contribution in [0.2, 0.25) is 0 Å². The van der Waals surface area contributed by atoms with Gasteiger partial charge in [0, 0.05) is 19.1 Å². The normalized spacial score (nSPS) is 20.2. The van der Waals surface area contributed by atoms with Crippen LogP contribution in [0.15, 0.2) is 18.2 Å². The summed E-state index contributed by atoms with van der Waals surface area (Å²) in [6, 6.07) is 7.66. The Morgan fingerprint density at radius 3 is 2.75 bits per heavy atom. The van der Waals surface area contributed by atoms with E-state index in [9.17, 15) is 0 Å². The number of aryl methyl sites for hydroxylation is 1. The van der Waals surface area contributed by atoms with Crippen molar-refractivity contribution < 1.29 is 5.48 Å². The standard InChI is InChI=1S/C16H24N2.ClH.H2O/c1-17(2)10-5-11-18-12-14-8-3-6-13-7-4-9-15(18)16(13)14;;/h3,6,8,15H,4-5,7,9-12H2,1-2H3;1H;1H2. The number of hydrogen-bond donors (Lipinski definition) is 0. The molecule has 2 N–H and O–H groups in total. The molecule has 1 aliphatic carbocycles. The van der Waals surface area contributed by atoms with E-state index in [1.54, 1.807) is 16.7 Å². The highest BCUT2D eigenvalue weighted by molar-refractivity contribution is 5.85. The van der Waals surface area contributed by atoms with Crippen LogP contribution in [-0.4, -0.2) is 42.5 Å². The van der Waals surface area contributed by atoms with Gasteiger partial charge < -0.3 is 10.4 Å². The molecule has 0 aromatic heterocycles. The third-order valence-electron chi connectivity index (χ3n) is 4.41. The largest absolute Gasteiger partial charge is 0.412 e. The molecule has 0 bridgehead atoms. The molecule has 0 saturated carbocycles. The molecule has 114 valence electrons. The van der Waals surface area contributed by atoms with Crippen LogP contribution in [0.1, 0.15) is 42.0 Å². The second-order valence-corrected chi connectivity index (χ2v) is 6.03. The van der Waals surface area contributed by atoms with E-state index in [1.807, 2.05) is 0 Å². The molecule has 1 atom stereocenters. The van der Waals surface area contributed by atoms with Gasteiger partial charge in [-0.2, -0.15) is 0 Å². The Morgan fingerprint density at radius 1 is 1.25 bits per heavy atom. The van der Waals surface area contributed by atoms with Crippen molar-refractivity contribution in [2.45, 2.75) is 38.3 Å². The van der Waals surface area contributed by atoms with E-state index >= 15 is 0 Å². The average molecular weight is 299 g/mol. The number of halogens is 1. The molecular formula is C16H27ClN2O. The first kappa shape index (κ1) is 17.4. The highest BCUT2D eigenvalue weighted by Gasteiger charge is 2.33. The molecular weight excluding hydrogens is 272 g/mol. The van der Waals surface area contributed by atoms with Crippen molar-refractivity contribution in [1.82, 2.24) is 9.80 Å². The number of rotatable bonds is 4. The Balaban J connectivity index is 0.000001000. The van der Waals surface area contributed by atoms with Crippen LogP contribution >= 0.6 is 12.4 Å². The van der Waals surface area contributed by atoms with Crippen molar-refractivity contribution in [3.8, 4) is 0 Å². The highest BCUT2D eigenvalue weighted by Crippen LogP contribution is 2.42. The lowest BCUT2D eigenvalue weighted by molar-refractivity contribution is 0.188. The maximum absolute atomic E-state index is 2.71. The van der Waals surface area contributed by atoms with E-state index in [1.165, 1.54) is 45.3 Å². The minimum absolute atomic E-state index is 0. The van der Waals surface area contributed by atoms with Crippen molar-refractivity contribution in [2.24, 2.45) is 0 Å². The van der Waals surface area contributed by atoms with Crippen molar-refractivity contribution in [1.29, 1.82) is 0 Å². The van der Waals surface area contributed by atoms with E-state index in [4.69, 9.17) is 0 Å². The minimum Gasteiger partial charge on any atom is -0.412 e. The van der Waals surface area contributed by atoms with Crippen molar-refractivity contribution >= 4 is 12.4 Å². The van der Waals surface area contributed by atoms with Gasteiger partial charge in [0.05, 0.1) is 0 Å². The van der Waals surface area contributed by atoms with Crippen LogP contribution in [0.5, 0.6) is 0 Å². The SMILES string of the molecule is CN(C)CCCN1Cc2cccc3c2C1CCC3.Cl.O. The molecule has 0 saturated heterocycles. The van der Waals surface area contributed by atoms with Gasteiger partial charge in [0.1, 0.15) is 0 Å². The van der Waals surface area contributed by atoms with Gasteiger partial charge in [0.25, 0.3) is 0 Å². The Bertz CT molecular complexity index is 436. The number of benzene rings is 1. The molecule has 0 radical (unpaired) electrons. The summed E-state index contributed by atoms with van der Waals surface area (Å²) >= 11 is 0. The number of hydrogen-bond acceptors (Lipinski definition) is 2. The zero-order valence-corrected chi connectivity index (χ0v) is 13.4. The second-order valence-electron chi connectivity index (χ2n) is 6.03. The summed E-state index contributed by atoms with van der Waals surface area (Å²) < 4.78 is 0. The summed E-state index contributed by atoms with van der Waals surface area (Å²) in [7, 11) is 4.33. The maximum Gasteiger partial charge on any atom is 0.0357 e. The smallest absolute Gasteiger partial charge is 0.0357 e.